The molecule has 32 heavy (non-hydrogen) atoms. The van der Waals surface area contributed by atoms with E-state index in [0.29, 0.717) is 12.6 Å². The maximum absolute atomic E-state index is 12.7. The van der Waals surface area contributed by atoms with Gasteiger partial charge in [-0.1, -0.05) is 6.07 Å². The van der Waals surface area contributed by atoms with E-state index in [1.54, 1.807) is 24.5 Å². The number of benzene rings is 1. The van der Waals surface area contributed by atoms with Crippen LogP contribution in [0.15, 0.2) is 50.8 Å². The molecule has 0 amide bonds. The van der Waals surface area contributed by atoms with Gasteiger partial charge in [-0.25, -0.2) is 0 Å². The van der Waals surface area contributed by atoms with Crippen LogP contribution in [-0.4, -0.2) is 67.3 Å². The lowest BCUT2D eigenvalue weighted by Gasteiger charge is -2.37. The van der Waals surface area contributed by atoms with Crippen molar-refractivity contribution < 1.29 is 4.74 Å². The number of thioether (sulfide) groups is 1. The van der Waals surface area contributed by atoms with Crippen LogP contribution in [0.1, 0.15) is 18.4 Å². The van der Waals surface area contributed by atoms with E-state index in [1.165, 1.54) is 4.21 Å². The monoisotopic (exact) mass is 467 g/mol. The molecule has 0 unspecified atom stereocenters. The van der Waals surface area contributed by atoms with Crippen LogP contribution in [0.25, 0.3) is 10.9 Å². The molecule has 1 fully saturated rings. The molecular formula is C24H30BN3O2S2. The van der Waals surface area contributed by atoms with Crippen molar-refractivity contribution in [2.75, 3.05) is 39.0 Å². The van der Waals surface area contributed by atoms with Gasteiger partial charge >= 0.3 is 0 Å². The van der Waals surface area contributed by atoms with Crippen LogP contribution in [0.2, 0.25) is 0 Å². The van der Waals surface area contributed by atoms with Crippen molar-refractivity contribution in [1.82, 2.24) is 14.3 Å². The molecule has 1 aromatic carbocycles. The van der Waals surface area contributed by atoms with Gasteiger partial charge in [-0.2, -0.15) is 0 Å². The number of aryl methyl sites for hydroxylation is 1. The standard InChI is InChI=1S/C24H30BN3O2S2/c1-18-16-23(29)27(22-17-20(30-2)5-6-21(18)22)12-11-26-9-7-19(8-10-26)28(25)13-15-32-24-4-3-14-31-24/h3-6,14,16-17,19H,7-13,15H2,1-2H3. The second-order valence-corrected chi connectivity index (χ2v) is 10.6. The van der Waals surface area contributed by atoms with Gasteiger partial charge in [-0.3, -0.25) is 4.79 Å². The molecule has 0 aliphatic carbocycles. The van der Waals surface area contributed by atoms with Crippen molar-refractivity contribution in [2.45, 2.75) is 36.6 Å². The SMILES string of the molecule is [B]N(CCSc1cccs1)C1CCN(CCn2c(=O)cc(C)c3ccc(OC)cc32)CC1. The third-order valence-electron chi connectivity index (χ3n) is 6.28. The Labute approximate surface area is 199 Å². The summed E-state index contributed by atoms with van der Waals surface area (Å²) >= 11 is 3.66. The third-order valence-corrected chi connectivity index (χ3v) is 8.39. The lowest BCUT2D eigenvalue weighted by atomic mass is 10.0. The quantitative estimate of drug-likeness (QED) is 0.351. The van der Waals surface area contributed by atoms with Crippen molar-refractivity contribution >= 4 is 42.0 Å². The number of thiophene rings is 1. The molecule has 0 spiro atoms. The molecule has 3 heterocycles. The van der Waals surface area contributed by atoms with E-state index in [9.17, 15) is 4.79 Å². The zero-order chi connectivity index (χ0) is 22.5. The summed E-state index contributed by atoms with van der Waals surface area (Å²) in [6, 6.07) is 12.4. The van der Waals surface area contributed by atoms with Gasteiger partial charge in [0.15, 0.2) is 7.98 Å². The van der Waals surface area contributed by atoms with Crippen molar-refractivity contribution in [2.24, 2.45) is 0 Å². The second kappa shape index (κ2) is 10.9. The van der Waals surface area contributed by atoms with E-state index in [4.69, 9.17) is 12.7 Å². The van der Waals surface area contributed by atoms with E-state index in [-0.39, 0.29) is 5.56 Å². The van der Waals surface area contributed by atoms with Crippen LogP contribution < -0.4 is 10.3 Å². The zero-order valence-corrected chi connectivity index (χ0v) is 20.5. The minimum atomic E-state index is 0.0505. The molecule has 168 valence electrons. The summed E-state index contributed by atoms with van der Waals surface area (Å²) in [4.78, 5) is 17.2. The predicted molar refractivity (Wildman–Crippen MR) is 136 cm³/mol. The van der Waals surface area contributed by atoms with Crippen LogP contribution in [-0.2, 0) is 6.54 Å². The summed E-state index contributed by atoms with van der Waals surface area (Å²) in [5.41, 5.74) is 2.00. The number of methoxy groups -OCH3 is 1. The largest absolute Gasteiger partial charge is 0.497 e. The van der Waals surface area contributed by atoms with Gasteiger partial charge in [-0.05, 0) is 68.5 Å². The molecule has 1 aliphatic heterocycles. The number of aromatic nitrogens is 1. The molecule has 8 heteroatoms. The van der Waals surface area contributed by atoms with Crippen molar-refractivity contribution in [1.29, 1.82) is 0 Å². The molecule has 4 rings (SSSR count). The Kier molecular flexibility index (Phi) is 8.00. The summed E-state index contributed by atoms with van der Waals surface area (Å²) < 4.78 is 8.63. The second-order valence-electron chi connectivity index (χ2n) is 8.29. The molecule has 0 saturated carbocycles. The molecule has 2 aromatic heterocycles. The van der Waals surface area contributed by atoms with Crippen molar-refractivity contribution in [3.8, 4) is 5.75 Å². The fourth-order valence-corrected chi connectivity index (χ4v) is 6.20. The number of hydrogen-bond acceptors (Lipinski definition) is 6. The maximum Gasteiger partial charge on any atom is 0.251 e. The van der Waals surface area contributed by atoms with E-state index < -0.39 is 0 Å². The van der Waals surface area contributed by atoms with Crippen LogP contribution in [0.4, 0.5) is 0 Å². The molecular weight excluding hydrogens is 437 g/mol. The summed E-state index contributed by atoms with van der Waals surface area (Å²) in [6.45, 7) is 6.46. The number of nitrogens with zero attached hydrogens (tertiary/aromatic N) is 3. The van der Waals surface area contributed by atoms with Gasteiger partial charge in [0.1, 0.15) is 5.75 Å². The van der Waals surface area contributed by atoms with E-state index in [2.05, 4.69) is 22.4 Å². The molecule has 3 aromatic rings. The fraction of sp³-hybridized carbons (Fsp3) is 0.458. The minimum Gasteiger partial charge on any atom is -0.497 e. The topological polar surface area (TPSA) is 37.7 Å². The smallest absolute Gasteiger partial charge is 0.251 e. The number of rotatable bonds is 9. The molecule has 0 bridgehead atoms. The number of hydrogen-bond donors (Lipinski definition) is 0. The highest BCUT2D eigenvalue weighted by Gasteiger charge is 2.22. The van der Waals surface area contributed by atoms with E-state index in [0.717, 1.165) is 67.0 Å². The molecule has 1 aliphatic rings. The fourth-order valence-electron chi connectivity index (χ4n) is 4.38. The highest BCUT2D eigenvalue weighted by molar-refractivity contribution is 8.01. The Morgan fingerprint density at radius 2 is 2.03 bits per heavy atom. The van der Waals surface area contributed by atoms with Gasteiger partial charge in [0, 0.05) is 42.4 Å². The summed E-state index contributed by atoms with van der Waals surface area (Å²) in [7, 11) is 8.03. The Hall–Kier alpha value is -1.74. The van der Waals surface area contributed by atoms with Crippen molar-refractivity contribution in [3.05, 3.63) is 57.7 Å². The van der Waals surface area contributed by atoms with Gasteiger partial charge < -0.3 is 19.0 Å². The first-order valence-electron chi connectivity index (χ1n) is 11.1. The number of piperidine rings is 1. The lowest BCUT2D eigenvalue weighted by molar-refractivity contribution is 0.160. The minimum absolute atomic E-state index is 0.0505. The van der Waals surface area contributed by atoms with Crippen LogP contribution in [0.5, 0.6) is 5.75 Å². The van der Waals surface area contributed by atoms with E-state index >= 15 is 0 Å². The molecule has 5 nitrogen and oxygen atoms in total. The molecule has 0 N–H and O–H groups in total. The normalized spacial score (nSPS) is 15.6. The van der Waals surface area contributed by atoms with Gasteiger partial charge in [0.2, 0.25) is 0 Å². The highest BCUT2D eigenvalue weighted by Crippen LogP contribution is 2.24. The average molecular weight is 467 g/mol. The Morgan fingerprint density at radius 3 is 2.75 bits per heavy atom. The Morgan fingerprint density at radius 1 is 1.22 bits per heavy atom. The highest BCUT2D eigenvalue weighted by atomic mass is 32.2. The predicted octanol–water partition coefficient (Wildman–Crippen LogP) is 4.02. The first-order valence-corrected chi connectivity index (χ1v) is 13.0. The molecule has 0 atom stereocenters. The summed E-state index contributed by atoms with van der Waals surface area (Å²) in [6.07, 6.45) is 2.13. The zero-order valence-electron chi connectivity index (χ0n) is 18.8. The summed E-state index contributed by atoms with van der Waals surface area (Å²) in [5, 5.41) is 3.21. The molecule has 2 radical (unpaired) electrons. The van der Waals surface area contributed by atoms with Crippen LogP contribution in [0, 0.1) is 6.92 Å². The van der Waals surface area contributed by atoms with E-state index in [1.807, 2.05) is 46.3 Å². The first kappa shape index (κ1) is 23.4. The van der Waals surface area contributed by atoms with Crippen LogP contribution in [0.3, 0.4) is 0 Å². The Balaban J connectivity index is 1.30. The summed E-state index contributed by atoms with van der Waals surface area (Å²) in [5.74, 6) is 1.79. The lowest BCUT2D eigenvalue weighted by Crippen LogP contribution is -2.45. The molecule has 1 saturated heterocycles. The van der Waals surface area contributed by atoms with Crippen molar-refractivity contribution in [3.63, 3.8) is 0 Å². The van der Waals surface area contributed by atoms with Gasteiger partial charge in [0.25, 0.3) is 5.56 Å². The van der Waals surface area contributed by atoms with Gasteiger partial charge in [-0.15, -0.1) is 23.1 Å². The van der Waals surface area contributed by atoms with Gasteiger partial charge in [0.05, 0.1) is 16.8 Å². The number of likely N-dealkylation sites (tertiary alicyclic amines) is 1. The van der Waals surface area contributed by atoms with Crippen LogP contribution >= 0.6 is 23.1 Å². The number of pyridine rings is 1. The first-order chi connectivity index (χ1) is 15.5. The average Bonchev–Trinajstić information content (AvgIpc) is 3.32. The number of ether oxygens (including phenoxy) is 1. The third kappa shape index (κ3) is 5.60. The number of fused-ring (bicyclic) bond motifs is 1. The Bertz CT molecular complexity index is 1080. The maximum atomic E-state index is 12.7.